The summed E-state index contributed by atoms with van der Waals surface area (Å²) in [5, 5.41) is 5.84. The van der Waals surface area contributed by atoms with E-state index in [2.05, 4.69) is 64.3 Å². The first-order valence-corrected chi connectivity index (χ1v) is 10.4. The van der Waals surface area contributed by atoms with Gasteiger partial charge in [0.1, 0.15) is 0 Å². The third kappa shape index (κ3) is 4.21. The summed E-state index contributed by atoms with van der Waals surface area (Å²) >= 11 is 6.03. The van der Waals surface area contributed by atoms with Gasteiger partial charge in [0.25, 0.3) is 0 Å². The Kier molecular flexibility index (Phi) is 5.82. The minimum absolute atomic E-state index is 0.692. The molecule has 3 aromatic rings. The van der Waals surface area contributed by atoms with Crippen molar-refractivity contribution in [3.63, 3.8) is 0 Å². The van der Waals surface area contributed by atoms with Gasteiger partial charge < -0.3 is 9.88 Å². The first-order chi connectivity index (χ1) is 13.2. The maximum atomic E-state index is 6.03. The minimum Gasteiger partial charge on any atom is -0.343 e. The zero-order valence-corrected chi connectivity index (χ0v) is 16.8. The van der Waals surface area contributed by atoms with E-state index in [9.17, 15) is 0 Å². The molecular formula is C23H28ClN3. The number of likely N-dealkylation sites (tertiary alicyclic amines) is 1. The second-order valence-corrected chi connectivity index (χ2v) is 7.92. The van der Waals surface area contributed by atoms with Gasteiger partial charge in [0.15, 0.2) is 0 Å². The smallest absolute Gasteiger partial charge is 0.0486 e. The summed E-state index contributed by atoms with van der Waals surface area (Å²) < 4.78 is 2.35. The van der Waals surface area contributed by atoms with Crippen molar-refractivity contribution in [3.05, 3.63) is 70.9 Å². The van der Waals surface area contributed by atoms with E-state index in [0.717, 1.165) is 31.2 Å². The lowest BCUT2D eigenvalue weighted by atomic mass is 10.1. The molecule has 1 aromatic heterocycles. The summed E-state index contributed by atoms with van der Waals surface area (Å²) in [4.78, 5) is 2.59. The SMILES string of the molecule is CCN1CCC[C@H]1CNCc1cn(Cc2ccc(Cl)cc2)c2ccccc12. The minimum atomic E-state index is 0.692. The zero-order valence-electron chi connectivity index (χ0n) is 16.0. The van der Waals surface area contributed by atoms with E-state index in [0.29, 0.717) is 6.04 Å². The fourth-order valence-corrected chi connectivity index (χ4v) is 4.42. The molecule has 0 amide bonds. The normalized spacial score (nSPS) is 17.8. The second kappa shape index (κ2) is 8.47. The van der Waals surface area contributed by atoms with E-state index in [4.69, 9.17) is 11.6 Å². The van der Waals surface area contributed by atoms with E-state index in [1.807, 2.05) is 12.1 Å². The number of nitrogens with zero attached hydrogens (tertiary/aromatic N) is 2. The van der Waals surface area contributed by atoms with Crippen LogP contribution >= 0.6 is 11.6 Å². The molecule has 1 atom stereocenters. The van der Waals surface area contributed by atoms with Crippen molar-refractivity contribution in [1.29, 1.82) is 0 Å². The lowest BCUT2D eigenvalue weighted by molar-refractivity contribution is 0.260. The molecule has 0 radical (unpaired) electrons. The fourth-order valence-electron chi connectivity index (χ4n) is 4.30. The maximum absolute atomic E-state index is 6.03. The lowest BCUT2D eigenvalue weighted by Gasteiger charge is -2.22. The van der Waals surface area contributed by atoms with Gasteiger partial charge in [-0.15, -0.1) is 0 Å². The predicted molar refractivity (Wildman–Crippen MR) is 114 cm³/mol. The molecule has 142 valence electrons. The summed E-state index contributed by atoms with van der Waals surface area (Å²) in [6, 6.07) is 17.5. The van der Waals surface area contributed by atoms with Crippen LogP contribution in [0.2, 0.25) is 5.02 Å². The fraction of sp³-hybridized carbons (Fsp3) is 0.391. The number of nitrogens with one attached hydrogen (secondary N) is 1. The average molecular weight is 382 g/mol. The second-order valence-electron chi connectivity index (χ2n) is 7.48. The van der Waals surface area contributed by atoms with Gasteiger partial charge in [-0.25, -0.2) is 0 Å². The van der Waals surface area contributed by atoms with Crippen LogP contribution < -0.4 is 5.32 Å². The zero-order chi connectivity index (χ0) is 18.6. The van der Waals surface area contributed by atoms with E-state index in [-0.39, 0.29) is 0 Å². The third-order valence-electron chi connectivity index (χ3n) is 5.74. The Morgan fingerprint density at radius 3 is 2.74 bits per heavy atom. The number of benzene rings is 2. The van der Waals surface area contributed by atoms with Gasteiger partial charge in [0, 0.05) is 47.8 Å². The van der Waals surface area contributed by atoms with Gasteiger partial charge in [-0.2, -0.15) is 0 Å². The highest BCUT2D eigenvalue weighted by molar-refractivity contribution is 6.30. The van der Waals surface area contributed by atoms with Crippen LogP contribution in [0.5, 0.6) is 0 Å². The summed E-state index contributed by atoms with van der Waals surface area (Å²) in [5.41, 5.74) is 3.94. The molecule has 4 rings (SSSR count). The monoisotopic (exact) mass is 381 g/mol. The number of likely N-dealkylation sites (N-methyl/N-ethyl adjacent to an activating group) is 1. The van der Waals surface area contributed by atoms with Gasteiger partial charge in [-0.1, -0.05) is 48.9 Å². The molecular weight excluding hydrogens is 354 g/mol. The van der Waals surface area contributed by atoms with Crippen molar-refractivity contribution >= 4 is 22.5 Å². The molecule has 2 aromatic carbocycles. The average Bonchev–Trinajstić information content (AvgIpc) is 3.29. The van der Waals surface area contributed by atoms with Crippen molar-refractivity contribution in [1.82, 2.24) is 14.8 Å². The number of fused-ring (bicyclic) bond motifs is 1. The van der Waals surface area contributed by atoms with Crippen LogP contribution in [0.4, 0.5) is 0 Å². The molecule has 1 N–H and O–H groups in total. The molecule has 1 aliphatic rings. The molecule has 1 aliphatic heterocycles. The Morgan fingerprint density at radius 2 is 1.93 bits per heavy atom. The van der Waals surface area contributed by atoms with Gasteiger partial charge >= 0.3 is 0 Å². The first kappa shape index (κ1) is 18.5. The molecule has 2 heterocycles. The molecule has 27 heavy (non-hydrogen) atoms. The number of rotatable bonds is 7. The third-order valence-corrected chi connectivity index (χ3v) is 5.99. The molecule has 0 unspecified atom stereocenters. The topological polar surface area (TPSA) is 20.2 Å². The van der Waals surface area contributed by atoms with Gasteiger partial charge in [-0.05, 0) is 55.3 Å². The number of halogens is 1. The van der Waals surface area contributed by atoms with Crippen LogP contribution in [0.15, 0.2) is 54.7 Å². The van der Waals surface area contributed by atoms with Gasteiger partial charge in [0.2, 0.25) is 0 Å². The number of hydrogen-bond donors (Lipinski definition) is 1. The van der Waals surface area contributed by atoms with Crippen LogP contribution in [-0.2, 0) is 13.1 Å². The van der Waals surface area contributed by atoms with E-state index >= 15 is 0 Å². The first-order valence-electron chi connectivity index (χ1n) is 10.0. The Labute approximate surface area is 166 Å². The Hall–Kier alpha value is -1.81. The molecule has 0 saturated carbocycles. The van der Waals surface area contributed by atoms with Crippen molar-refractivity contribution in [2.24, 2.45) is 0 Å². The molecule has 0 spiro atoms. The predicted octanol–water partition coefficient (Wildman–Crippen LogP) is 4.92. The molecule has 1 saturated heterocycles. The number of aromatic nitrogens is 1. The van der Waals surface area contributed by atoms with Crippen LogP contribution in [0, 0.1) is 0 Å². The number of para-hydroxylation sites is 1. The van der Waals surface area contributed by atoms with Crippen molar-refractivity contribution in [2.75, 3.05) is 19.6 Å². The Bertz CT molecular complexity index is 884. The van der Waals surface area contributed by atoms with Gasteiger partial charge in [-0.3, -0.25) is 4.90 Å². The molecule has 4 heteroatoms. The summed E-state index contributed by atoms with van der Waals surface area (Å²) in [7, 11) is 0. The van der Waals surface area contributed by atoms with Crippen LogP contribution in [0.1, 0.15) is 30.9 Å². The van der Waals surface area contributed by atoms with Crippen LogP contribution in [0.25, 0.3) is 10.9 Å². The molecule has 1 fully saturated rings. The van der Waals surface area contributed by atoms with Crippen molar-refractivity contribution in [2.45, 2.75) is 38.9 Å². The lowest BCUT2D eigenvalue weighted by Crippen LogP contribution is -2.37. The maximum Gasteiger partial charge on any atom is 0.0486 e. The Balaban J connectivity index is 1.48. The van der Waals surface area contributed by atoms with E-state index in [1.54, 1.807) is 0 Å². The van der Waals surface area contributed by atoms with Crippen molar-refractivity contribution in [3.8, 4) is 0 Å². The van der Waals surface area contributed by atoms with Crippen LogP contribution in [0.3, 0.4) is 0 Å². The Morgan fingerprint density at radius 1 is 1.11 bits per heavy atom. The number of hydrogen-bond acceptors (Lipinski definition) is 2. The quantitative estimate of drug-likeness (QED) is 0.627. The highest BCUT2D eigenvalue weighted by Gasteiger charge is 2.22. The molecule has 0 aliphatic carbocycles. The van der Waals surface area contributed by atoms with Crippen LogP contribution in [-0.4, -0.2) is 35.1 Å². The summed E-state index contributed by atoms with van der Waals surface area (Å²) in [5.74, 6) is 0. The molecule has 0 bridgehead atoms. The largest absolute Gasteiger partial charge is 0.343 e. The van der Waals surface area contributed by atoms with E-state index < -0.39 is 0 Å². The summed E-state index contributed by atoms with van der Waals surface area (Å²) in [6.45, 7) is 7.54. The standard InChI is InChI=1S/C23H28ClN3/c1-2-26-13-5-6-21(26)15-25-14-19-17-27(23-8-4-3-7-22(19)23)16-18-9-11-20(24)12-10-18/h3-4,7-12,17,21,25H,2,5-6,13-16H2,1H3/t21-/m0/s1. The highest BCUT2D eigenvalue weighted by Crippen LogP contribution is 2.23. The highest BCUT2D eigenvalue weighted by atomic mass is 35.5. The van der Waals surface area contributed by atoms with E-state index in [1.165, 1.54) is 41.4 Å². The van der Waals surface area contributed by atoms with Gasteiger partial charge in [0.05, 0.1) is 0 Å². The van der Waals surface area contributed by atoms with Crippen molar-refractivity contribution < 1.29 is 0 Å². The molecule has 3 nitrogen and oxygen atoms in total. The summed E-state index contributed by atoms with van der Waals surface area (Å²) in [6.07, 6.45) is 4.96.